The topological polar surface area (TPSA) is 57.3 Å². The second-order valence-electron chi connectivity index (χ2n) is 4.76. The molecule has 0 fully saturated rings. The number of benzene rings is 1. The lowest BCUT2D eigenvalue weighted by Gasteiger charge is -2.14. The van der Waals surface area contributed by atoms with E-state index in [1.165, 1.54) is 11.3 Å². The number of thiazole rings is 1. The summed E-state index contributed by atoms with van der Waals surface area (Å²) < 4.78 is 0.527. The number of nitrogens with zero attached hydrogens (tertiary/aromatic N) is 2. The van der Waals surface area contributed by atoms with Crippen LogP contribution in [0.5, 0.6) is 0 Å². The van der Waals surface area contributed by atoms with E-state index >= 15 is 0 Å². The van der Waals surface area contributed by atoms with Gasteiger partial charge in [-0.1, -0.05) is 23.7 Å². The molecule has 2 N–H and O–H groups in total. The van der Waals surface area contributed by atoms with Gasteiger partial charge in [-0.2, -0.15) is 0 Å². The van der Waals surface area contributed by atoms with Crippen molar-refractivity contribution in [3.63, 3.8) is 0 Å². The molecule has 0 bridgehead atoms. The number of para-hydroxylation sites is 2. The molecule has 21 heavy (non-hydrogen) atoms. The van der Waals surface area contributed by atoms with E-state index in [1.807, 2.05) is 43.3 Å². The fourth-order valence-electron chi connectivity index (χ4n) is 1.77. The van der Waals surface area contributed by atoms with E-state index in [4.69, 9.17) is 11.6 Å². The number of likely N-dealkylation sites (N-methyl/N-ethyl adjacent to an activating group) is 1. The normalized spacial score (nSPS) is 10.7. The lowest BCUT2D eigenvalue weighted by molar-refractivity contribution is -0.116. The summed E-state index contributed by atoms with van der Waals surface area (Å²) in [7, 11) is 3.72. The molecule has 1 amide bonds. The van der Waals surface area contributed by atoms with E-state index in [0.29, 0.717) is 17.6 Å². The first-order valence-corrected chi connectivity index (χ1v) is 7.61. The number of nitrogens with one attached hydrogen (secondary N) is 2. The molecule has 1 aromatic heterocycles. The minimum Gasteiger partial charge on any atom is -0.378 e. The standard InChI is InChI=1S/C14H17ClN4OS/c1-19(2)9-13(20)18-12-6-4-3-5-11(12)16-7-10-8-17-14(15)21-10/h3-6,8,16H,7,9H2,1-2H3,(H,18,20). The van der Waals surface area contributed by atoms with E-state index in [2.05, 4.69) is 15.6 Å². The third-order valence-corrected chi connectivity index (χ3v) is 3.75. The van der Waals surface area contributed by atoms with Gasteiger partial charge >= 0.3 is 0 Å². The Kier molecular flexibility index (Phi) is 5.55. The average molecular weight is 325 g/mol. The third kappa shape index (κ3) is 5.00. The molecule has 0 radical (unpaired) electrons. The molecule has 0 atom stereocenters. The van der Waals surface area contributed by atoms with Gasteiger partial charge in [-0.3, -0.25) is 4.79 Å². The summed E-state index contributed by atoms with van der Waals surface area (Å²) in [6.07, 6.45) is 1.74. The van der Waals surface area contributed by atoms with Gasteiger partial charge in [-0.15, -0.1) is 11.3 Å². The first kappa shape index (κ1) is 15.8. The predicted octanol–water partition coefficient (Wildman–Crippen LogP) is 2.91. The minimum atomic E-state index is -0.0462. The lowest BCUT2D eigenvalue weighted by Crippen LogP contribution is -2.27. The highest BCUT2D eigenvalue weighted by molar-refractivity contribution is 7.15. The predicted molar refractivity (Wildman–Crippen MR) is 88.1 cm³/mol. The zero-order valence-corrected chi connectivity index (χ0v) is 13.5. The van der Waals surface area contributed by atoms with Crippen LogP contribution in [0.3, 0.4) is 0 Å². The monoisotopic (exact) mass is 324 g/mol. The van der Waals surface area contributed by atoms with Crippen LogP contribution in [0.2, 0.25) is 4.47 Å². The first-order valence-electron chi connectivity index (χ1n) is 6.42. The molecule has 7 heteroatoms. The van der Waals surface area contributed by atoms with Crippen molar-refractivity contribution in [1.29, 1.82) is 0 Å². The Balaban J connectivity index is 2.01. The molecule has 5 nitrogen and oxygen atoms in total. The molecule has 0 saturated heterocycles. The van der Waals surface area contributed by atoms with E-state index < -0.39 is 0 Å². The lowest BCUT2D eigenvalue weighted by atomic mass is 10.2. The number of hydrogen-bond acceptors (Lipinski definition) is 5. The molecule has 0 aliphatic heterocycles. The van der Waals surface area contributed by atoms with Crippen molar-refractivity contribution in [3.8, 4) is 0 Å². The minimum absolute atomic E-state index is 0.0462. The van der Waals surface area contributed by atoms with Crippen LogP contribution in [-0.2, 0) is 11.3 Å². The molecule has 1 aromatic carbocycles. The summed E-state index contributed by atoms with van der Waals surface area (Å²) in [5.74, 6) is -0.0462. The zero-order valence-electron chi connectivity index (χ0n) is 11.9. The second kappa shape index (κ2) is 7.40. The number of aromatic nitrogens is 1. The fraction of sp³-hybridized carbons (Fsp3) is 0.286. The Labute approximate surface area is 132 Å². The Bertz CT molecular complexity index is 615. The van der Waals surface area contributed by atoms with Crippen LogP contribution in [0.4, 0.5) is 11.4 Å². The van der Waals surface area contributed by atoms with Crippen molar-refractivity contribution >= 4 is 40.2 Å². The maximum atomic E-state index is 11.8. The largest absolute Gasteiger partial charge is 0.378 e. The molecule has 0 saturated carbocycles. The Hall–Kier alpha value is -1.63. The summed E-state index contributed by atoms with van der Waals surface area (Å²) in [6.45, 7) is 0.962. The smallest absolute Gasteiger partial charge is 0.238 e. The van der Waals surface area contributed by atoms with E-state index in [1.54, 1.807) is 6.20 Å². The van der Waals surface area contributed by atoms with Crippen molar-refractivity contribution in [2.45, 2.75) is 6.54 Å². The van der Waals surface area contributed by atoms with Crippen LogP contribution in [0.25, 0.3) is 0 Å². The molecule has 0 aliphatic rings. The highest BCUT2D eigenvalue weighted by atomic mass is 35.5. The maximum absolute atomic E-state index is 11.8. The van der Waals surface area contributed by atoms with Gasteiger partial charge in [0.15, 0.2) is 4.47 Å². The Morgan fingerprint density at radius 2 is 2.05 bits per heavy atom. The number of carbonyl (C=O) groups excluding carboxylic acids is 1. The second-order valence-corrected chi connectivity index (χ2v) is 6.46. The van der Waals surface area contributed by atoms with Crippen molar-refractivity contribution in [2.75, 3.05) is 31.3 Å². The van der Waals surface area contributed by atoms with Crippen molar-refractivity contribution in [2.24, 2.45) is 0 Å². The third-order valence-electron chi connectivity index (χ3n) is 2.64. The van der Waals surface area contributed by atoms with Gasteiger partial charge in [0.25, 0.3) is 0 Å². The van der Waals surface area contributed by atoms with Crippen LogP contribution in [0, 0.1) is 0 Å². The number of anilines is 2. The molecule has 1 heterocycles. The molecular formula is C14H17ClN4OS. The summed E-state index contributed by atoms with van der Waals surface area (Å²) in [4.78, 5) is 18.7. The summed E-state index contributed by atoms with van der Waals surface area (Å²) >= 11 is 7.24. The van der Waals surface area contributed by atoms with Gasteiger partial charge in [0.1, 0.15) is 0 Å². The number of amides is 1. The molecule has 0 aliphatic carbocycles. The SMILES string of the molecule is CN(C)CC(=O)Nc1ccccc1NCc1cnc(Cl)s1. The first-order chi connectivity index (χ1) is 10.0. The highest BCUT2D eigenvalue weighted by Crippen LogP contribution is 2.23. The van der Waals surface area contributed by atoms with Crippen LogP contribution >= 0.6 is 22.9 Å². The van der Waals surface area contributed by atoms with Gasteiger partial charge in [0.05, 0.1) is 24.5 Å². The van der Waals surface area contributed by atoms with E-state index in [0.717, 1.165) is 16.3 Å². The zero-order chi connectivity index (χ0) is 15.2. The average Bonchev–Trinajstić information content (AvgIpc) is 2.82. The van der Waals surface area contributed by atoms with E-state index in [-0.39, 0.29) is 5.91 Å². The highest BCUT2D eigenvalue weighted by Gasteiger charge is 2.08. The fourth-order valence-corrected chi connectivity index (χ4v) is 2.69. The molecule has 0 unspecified atom stereocenters. The molecular weight excluding hydrogens is 308 g/mol. The number of carbonyl (C=O) groups is 1. The van der Waals surface area contributed by atoms with Crippen LogP contribution < -0.4 is 10.6 Å². The van der Waals surface area contributed by atoms with Crippen LogP contribution in [-0.4, -0.2) is 36.4 Å². The van der Waals surface area contributed by atoms with Gasteiger partial charge in [-0.05, 0) is 26.2 Å². The number of halogens is 1. The summed E-state index contributed by atoms with van der Waals surface area (Å²) in [6, 6.07) is 7.60. The molecule has 2 rings (SSSR count). The van der Waals surface area contributed by atoms with E-state index in [9.17, 15) is 4.79 Å². The van der Waals surface area contributed by atoms with Crippen LogP contribution in [0.1, 0.15) is 4.88 Å². The van der Waals surface area contributed by atoms with Crippen molar-refractivity contribution in [1.82, 2.24) is 9.88 Å². The number of hydrogen-bond donors (Lipinski definition) is 2. The van der Waals surface area contributed by atoms with Gasteiger partial charge in [-0.25, -0.2) is 4.98 Å². The van der Waals surface area contributed by atoms with Crippen molar-refractivity contribution < 1.29 is 4.79 Å². The molecule has 0 spiro atoms. The quantitative estimate of drug-likeness (QED) is 0.858. The summed E-state index contributed by atoms with van der Waals surface area (Å²) in [5.41, 5.74) is 1.63. The Morgan fingerprint density at radius 3 is 2.67 bits per heavy atom. The Morgan fingerprint density at radius 1 is 1.33 bits per heavy atom. The maximum Gasteiger partial charge on any atom is 0.238 e. The van der Waals surface area contributed by atoms with Gasteiger partial charge in [0.2, 0.25) is 5.91 Å². The van der Waals surface area contributed by atoms with Crippen LogP contribution in [0.15, 0.2) is 30.5 Å². The summed E-state index contributed by atoms with van der Waals surface area (Å²) in [5, 5.41) is 6.19. The van der Waals surface area contributed by atoms with Gasteiger partial charge in [0, 0.05) is 11.1 Å². The number of rotatable bonds is 6. The molecule has 112 valence electrons. The van der Waals surface area contributed by atoms with Crippen molar-refractivity contribution in [3.05, 3.63) is 39.8 Å². The van der Waals surface area contributed by atoms with Gasteiger partial charge < -0.3 is 15.5 Å². The molecule has 2 aromatic rings.